The van der Waals surface area contributed by atoms with Crippen LogP contribution in [0.15, 0.2) is 53.9 Å². The van der Waals surface area contributed by atoms with E-state index in [1.807, 2.05) is 46.7 Å². The van der Waals surface area contributed by atoms with E-state index in [1.165, 1.54) is 16.9 Å². The molecule has 0 unspecified atom stereocenters. The summed E-state index contributed by atoms with van der Waals surface area (Å²) >= 11 is 1.49. The fourth-order valence-corrected chi connectivity index (χ4v) is 4.12. The van der Waals surface area contributed by atoms with Gasteiger partial charge in [-0.05, 0) is 43.0 Å². The van der Waals surface area contributed by atoms with Crippen LogP contribution in [0.2, 0.25) is 0 Å². The first-order chi connectivity index (χ1) is 14.2. The van der Waals surface area contributed by atoms with Crippen LogP contribution in [-0.4, -0.2) is 31.7 Å². The van der Waals surface area contributed by atoms with E-state index in [0.717, 1.165) is 47.2 Å². The third kappa shape index (κ3) is 4.43. The predicted molar refractivity (Wildman–Crippen MR) is 116 cm³/mol. The topological polar surface area (TPSA) is 51.7 Å². The molecular weight excluding hydrogens is 384 g/mol. The molecule has 6 heteroatoms. The molecular formula is C23H24N2O3S. The van der Waals surface area contributed by atoms with E-state index in [-0.39, 0.29) is 11.8 Å². The van der Waals surface area contributed by atoms with Gasteiger partial charge < -0.3 is 9.47 Å². The second-order valence-electron chi connectivity index (χ2n) is 7.08. The van der Waals surface area contributed by atoms with Crippen molar-refractivity contribution in [2.45, 2.75) is 19.3 Å². The van der Waals surface area contributed by atoms with Gasteiger partial charge in [0.1, 0.15) is 11.5 Å². The number of benzene rings is 2. The van der Waals surface area contributed by atoms with E-state index < -0.39 is 0 Å². The van der Waals surface area contributed by atoms with Crippen LogP contribution in [0.1, 0.15) is 18.4 Å². The van der Waals surface area contributed by atoms with E-state index in [2.05, 4.69) is 12.1 Å². The summed E-state index contributed by atoms with van der Waals surface area (Å²) in [6.45, 7) is 0.627. The van der Waals surface area contributed by atoms with Crippen molar-refractivity contribution in [1.82, 2.24) is 4.98 Å². The Kier molecular flexibility index (Phi) is 5.81. The van der Waals surface area contributed by atoms with Gasteiger partial charge in [0, 0.05) is 23.4 Å². The molecule has 0 radical (unpaired) electrons. The zero-order valence-electron chi connectivity index (χ0n) is 16.6. The highest BCUT2D eigenvalue weighted by Crippen LogP contribution is 2.38. The minimum Gasteiger partial charge on any atom is -0.497 e. The van der Waals surface area contributed by atoms with Crippen LogP contribution in [-0.2, 0) is 11.2 Å². The highest BCUT2D eigenvalue weighted by Gasteiger charge is 2.35. The molecule has 0 atom stereocenters. The van der Waals surface area contributed by atoms with Crippen LogP contribution in [0, 0.1) is 5.92 Å². The lowest BCUT2D eigenvalue weighted by atomic mass is 10.1. The number of ether oxygens (including phenoxy) is 2. The monoisotopic (exact) mass is 408 g/mol. The van der Waals surface area contributed by atoms with Crippen molar-refractivity contribution in [1.29, 1.82) is 0 Å². The highest BCUT2D eigenvalue weighted by atomic mass is 32.1. The number of thiazole rings is 1. The first-order valence-electron chi connectivity index (χ1n) is 9.73. The molecule has 1 aliphatic rings. The first-order valence-corrected chi connectivity index (χ1v) is 10.6. The average Bonchev–Trinajstić information content (AvgIpc) is 3.51. The van der Waals surface area contributed by atoms with E-state index >= 15 is 0 Å². The van der Waals surface area contributed by atoms with Crippen LogP contribution in [0.3, 0.4) is 0 Å². The number of anilines is 1. The van der Waals surface area contributed by atoms with Gasteiger partial charge in [-0.1, -0.05) is 30.3 Å². The highest BCUT2D eigenvalue weighted by molar-refractivity contribution is 7.14. The van der Waals surface area contributed by atoms with Gasteiger partial charge in [0.05, 0.1) is 19.9 Å². The number of carbonyl (C=O) groups is 1. The van der Waals surface area contributed by atoms with Crippen LogP contribution < -0.4 is 14.4 Å². The Morgan fingerprint density at radius 3 is 2.62 bits per heavy atom. The van der Waals surface area contributed by atoms with Gasteiger partial charge in [0.25, 0.3) is 0 Å². The van der Waals surface area contributed by atoms with E-state index in [0.29, 0.717) is 6.54 Å². The lowest BCUT2D eigenvalue weighted by molar-refractivity contribution is -0.119. The maximum atomic E-state index is 12.9. The lowest BCUT2D eigenvalue weighted by Crippen LogP contribution is -2.34. The van der Waals surface area contributed by atoms with E-state index in [4.69, 9.17) is 14.5 Å². The number of aromatic nitrogens is 1. The minimum atomic E-state index is 0.143. The molecule has 29 heavy (non-hydrogen) atoms. The maximum Gasteiger partial charge on any atom is 0.231 e. The smallest absolute Gasteiger partial charge is 0.231 e. The van der Waals surface area contributed by atoms with E-state index in [9.17, 15) is 4.79 Å². The molecule has 1 saturated carbocycles. The third-order valence-electron chi connectivity index (χ3n) is 5.07. The summed E-state index contributed by atoms with van der Waals surface area (Å²) in [6.07, 6.45) is 2.75. The number of methoxy groups -OCH3 is 2. The molecule has 4 rings (SSSR count). The first kappa shape index (κ1) is 19.5. The summed E-state index contributed by atoms with van der Waals surface area (Å²) in [4.78, 5) is 19.6. The van der Waals surface area contributed by atoms with Crippen molar-refractivity contribution in [3.05, 3.63) is 59.5 Å². The standard InChI is InChI=1S/C23H24N2O3S/c1-27-18-10-11-21(28-2)19(14-18)20-15-29-23(24-20)25(22(26)17-8-9-17)13-12-16-6-4-3-5-7-16/h3-7,10-11,14-15,17H,8-9,12-13H2,1-2H3. The maximum absolute atomic E-state index is 12.9. The molecule has 150 valence electrons. The summed E-state index contributed by atoms with van der Waals surface area (Å²) in [5.74, 6) is 1.79. The number of rotatable bonds is 8. The molecule has 0 bridgehead atoms. The summed E-state index contributed by atoms with van der Waals surface area (Å²) in [5.41, 5.74) is 2.86. The summed E-state index contributed by atoms with van der Waals surface area (Å²) in [6, 6.07) is 15.9. The second-order valence-corrected chi connectivity index (χ2v) is 7.92. The normalized spacial score (nSPS) is 13.2. The molecule has 0 aliphatic heterocycles. The van der Waals surface area contributed by atoms with Crippen molar-refractivity contribution in [2.75, 3.05) is 25.7 Å². The lowest BCUT2D eigenvalue weighted by Gasteiger charge is -2.20. The number of hydrogen-bond donors (Lipinski definition) is 0. The Hall–Kier alpha value is -2.86. The van der Waals surface area contributed by atoms with Gasteiger partial charge in [-0.3, -0.25) is 9.69 Å². The second kappa shape index (κ2) is 8.66. The average molecular weight is 409 g/mol. The van der Waals surface area contributed by atoms with Crippen LogP contribution in [0.4, 0.5) is 5.13 Å². The van der Waals surface area contributed by atoms with Gasteiger partial charge in [-0.25, -0.2) is 4.98 Å². The molecule has 1 aromatic heterocycles. The summed E-state index contributed by atoms with van der Waals surface area (Å²) in [5, 5.41) is 2.71. The summed E-state index contributed by atoms with van der Waals surface area (Å²) in [7, 11) is 3.28. The largest absolute Gasteiger partial charge is 0.497 e. The molecule has 1 aliphatic carbocycles. The Bertz CT molecular complexity index is 983. The van der Waals surface area contributed by atoms with Crippen molar-refractivity contribution < 1.29 is 14.3 Å². The third-order valence-corrected chi connectivity index (χ3v) is 5.93. The van der Waals surface area contributed by atoms with Gasteiger partial charge in [0.2, 0.25) is 5.91 Å². The quantitative estimate of drug-likeness (QED) is 0.537. The Morgan fingerprint density at radius 1 is 1.14 bits per heavy atom. The Balaban J connectivity index is 1.61. The predicted octanol–water partition coefficient (Wildman–Crippen LogP) is 4.81. The molecule has 1 fully saturated rings. The molecule has 2 aromatic carbocycles. The van der Waals surface area contributed by atoms with Gasteiger partial charge in [0.15, 0.2) is 5.13 Å². The fourth-order valence-electron chi connectivity index (χ4n) is 3.26. The van der Waals surface area contributed by atoms with Crippen LogP contribution in [0.5, 0.6) is 11.5 Å². The Morgan fingerprint density at radius 2 is 1.93 bits per heavy atom. The number of amides is 1. The zero-order chi connectivity index (χ0) is 20.2. The van der Waals surface area contributed by atoms with Crippen molar-refractivity contribution in [2.24, 2.45) is 5.92 Å². The molecule has 1 amide bonds. The van der Waals surface area contributed by atoms with Crippen molar-refractivity contribution in [3.63, 3.8) is 0 Å². The minimum absolute atomic E-state index is 0.143. The van der Waals surface area contributed by atoms with E-state index in [1.54, 1.807) is 14.2 Å². The molecule has 0 spiro atoms. The van der Waals surface area contributed by atoms with Crippen LogP contribution in [0.25, 0.3) is 11.3 Å². The Labute approximate surface area is 174 Å². The SMILES string of the molecule is COc1ccc(OC)c(-c2csc(N(CCc3ccccc3)C(=O)C3CC3)n2)c1. The zero-order valence-corrected chi connectivity index (χ0v) is 17.4. The fraction of sp³-hybridized carbons (Fsp3) is 0.304. The van der Waals surface area contributed by atoms with Crippen LogP contribution >= 0.6 is 11.3 Å². The molecule has 5 nitrogen and oxygen atoms in total. The van der Waals surface area contributed by atoms with Crippen molar-refractivity contribution in [3.8, 4) is 22.8 Å². The number of hydrogen-bond acceptors (Lipinski definition) is 5. The molecule has 1 heterocycles. The number of nitrogens with zero attached hydrogens (tertiary/aromatic N) is 2. The molecule has 0 N–H and O–H groups in total. The molecule has 0 saturated heterocycles. The van der Waals surface area contributed by atoms with Gasteiger partial charge in [-0.2, -0.15) is 0 Å². The van der Waals surface area contributed by atoms with Crippen molar-refractivity contribution >= 4 is 22.4 Å². The molecule has 3 aromatic rings. The van der Waals surface area contributed by atoms with Gasteiger partial charge in [-0.15, -0.1) is 11.3 Å². The van der Waals surface area contributed by atoms with Gasteiger partial charge >= 0.3 is 0 Å². The number of carbonyl (C=O) groups excluding carboxylic acids is 1. The summed E-state index contributed by atoms with van der Waals surface area (Å²) < 4.78 is 10.8.